The molecule has 1 aliphatic heterocycles. The number of nitrogens with zero attached hydrogens (tertiary/aromatic N) is 2. The number of H-pyrrole nitrogens is 1. The molecule has 0 aliphatic carbocycles. The molecule has 2 rings (SSSR count). The molecule has 1 amide bonds. The van der Waals surface area contributed by atoms with Gasteiger partial charge in [0.15, 0.2) is 5.84 Å². The Morgan fingerprint density at radius 1 is 1.24 bits per heavy atom. The fourth-order valence-corrected chi connectivity index (χ4v) is 6.50. The quantitative estimate of drug-likeness (QED) is 0.0739. The van der Waals surface area contributed by atoms with Crippen molar-refractivity contribution in [2.45, 2.75) is 50.3 Å². The molecule has 0 bridgehead atoms. The number of ether oxygens (including phenoxy) is 2. The van der Waals surface area contributed by atoms with Crippen molar-refractivity contribution in [2.24, 2.45) is 4.99 Å². The molecule has 230 valence electrons. The number of nitrogens with one attached hydrogen (secondary N) is 3. The third-order valence-electron chi connectivity index (χ3n) is 5.26. The number of hydrogen-bond acceptors (Lipinski definition) is 13. The van der Waals surface area contributed by atoms with Gasteiger partial charge >= 0.3 is 23.5 Å². The average Bonchev–Trinajstić information content (AvgIpc) is 3.40. The highest BCUT2D eigenvalue weighted by molar-refractivity contribution is 7.66. The van der Waals surface area contributed by atoms with E-state index < -0.39 is 65.5 Å². The maximum absolute atomic E-state index is 12.6. The van der Waals surface area contributed by atoms with Crippen molar-refractivity contribution in [3.05, 3.63) is 23.5 Å². The van der Waals surface area contributed by atoms with Crippen LogP contribution in [-0.2, 0) is 46.7 Å². The molecule has 9 N–H and O–H groups in total. The van der Waals surface area contributed by atoms with Crippen LogP contribution < -0.4 is 5.32 Å². The van der Waals surface area contributed by atoms with Crippen molar-refractivity contribution in [3.63, 3.8) is 0 Å². The second kappa shape index (κ2) is 13.0. The molecule has 1 aliphatic rings. The van der Waals surface area contributed by atoms with E-state index in [1.165, 1.54) is 26.0 Å². The summed E-state index contributed by atoms with van der Waals surface area (Å²) in [4.78, 5) is 55.1. The number of aliphatic imine (C=N–C) groups is 1. The zero-order valence-electron chi connectivity index (χ0n) is 21.5. The van der Waals surface area contributed by atoms with Crippen LogP contribution in [0.1, 0.15) is 32.2 Å². The molecule has 0 radical (unpaired) electrons. The molecule has 1 saturated heterocycles. The zero-order valence-corrected chi connectivity index (χ0v) is 24.2. The molecule has 20 nitrogen and oxygen atoms in total. The molecular formula is C18H28N5O15P3. The molecule has 1 fully saturated rings. The standard InChI is InChI=1S/C18H28N5O15P3/c1-4-34-17(2,3)16(26)23-15(21-9-20)10-5-6-12(22-10)18(8-19)14(25)13(24)11(36-18)7-35-40(30,31)38-41(32,33)37-39(27,28)29/h5-6,9,11,13-14,22,24-25H,4,7H2,1-3H3,(H,30,31)(H,32,33)(H2,27,28,29)(H2,20,21,23,26)/t11-,13-,14-,18+/m1/s1. The summed E-state index contributed by atoms with van der Waals surface area (Å²) in [6, 6.07) is 4.18. The Labute approximate surface area is 231 Å². The Morgan fingerprint density at radius 3 is 2.41 bits per heavy atom. The number of aromatic nitrogens is 1. The fraction of sp³-hybridized carbons (Fsp3) is 0.556. The molecule has 41 heavy (non-hydrogen) atoms. The molecule has 1 aromatic rings. The van der Waals surface area contributed by atoms with Gasteiger partial charge in [-0.3, -0.25) is 14.7 Å². The first kappa shape index (κ1) is 35.0. The van der Waals surface area contributed by atoms with Crippen LogP contribution in [-0.4, -0.2) is 90.0 Å². The van der Waals surface area contributed by atoms with E-state index in [0.29, 0.717) is 6.34 Å². The summed E-state index contributed by atoms with van der Waals surface area (Å²) < 4.78 is 56.6. The lowest BCUT2D eigenvalue weighted by atomic mass is 9.93. The number of amides is 1. The summed E-state index contributed by atoms with van der Waals surface area (Å²) >= 11 is 0. The van der Waals surface area contributed by atoms with Gasteiger partial charge < -0.3 is 49.6 Å². The molecule has 2 unspecified atom stereocenters. The molecule has 0 saturated carbocycles. The Kier molecular flexibility index (Phi) is 11.1. The molecule has 23 heteroatoms. The number of carbonyl (C=O) groups is 1. The minimum atomic E-state index is -5.82. The summed E-state index contributed by atoms with van der Waals surface area (Å²) in [6.45, 7) is 3.73. The summed E-state index contributed by atoms with van der Waals surface area (Å²) in [7, 11) is -17.0. The predicted octanol–water partition coefficient (Wildman–Crippen LogP) is -0.518. The Bertz CT molecular complexity index is 1350. The predicted molar refractivity (Wildman–Crippen MR) is 134 cm³/mol. The number of rotatable bonds is 13. The fourth-order valence-electron chi connectivity index (χ4n) is 3.47. The summed E-state index contributed by atoms with van der Waals surface area (Å²) in [5.41, 5.74) is -3.82. The van der Waals surface area contributed by atoms with Crippen molar-refractivity contribution in [2.75, 3.05) is 13.2 Å². The number of phosphoric ester groups is 1. The summed E-state index contributed by atoms with van der Waals surface area (Å²) in [6.07, 6.45) is -5.12. The SMILES string of the molecule is CCOC(C)(C)C(=O)N/C(=N/C=N)c1ccc([C@]2(C#N)O[C@H](COP(=O)(O)OP(=O)(O)OP(=O)(O)O)[C@@H](O)[C@H]2O)[nH]1. The molecule has 0 spiro atoms. The van der Waals surface area contributed by atoms with Crippen LogP contribution in [0.3, 0.4) is 0 Å². The van der Waals surface area contributed by atoms with Crippen LogP contribution in [0.4, 0.5) is 0 Å². The van der Waals surface area contributed by atoms with Gasteiger partial charge in [-0.2, -0.15) is 13.9 Å². The highest BCUT2D eigenvalue weighted by Crippen LogP contribution is 2.66. The van der Waals surface area contributed by atoms with Crippen molar-refractivity contribution < 1.29 is 70.9 Å². The first-order chi connectivity index (χ1) is 18.7. The second-order valence-corrected chi connectivity index (χ2v) is 13.0. The molecule has 0 aromatic carbocycles. The van der Waals surface area contributed by atoms with E-state index in [1.807, 2.05) is 0 Å². The Balaban J connectivity index is 2.25. The van der Waals surface area contributed by atoms with Crippen LogP contribution >= 0.6 is 23.5 Å². The molecule has 6 atom stereocenters. The smallest absolute Gasteiger partial charge is 0.387 e. The average molecular weight is 647 g/mol. The van der Waals surface area contributed by atoms with E-state index >= 15 is 0 Å². The topological polar surface area (TPSA) is 324 Å². The highest BCUT2D eigenvalue weighted by Gasteiger charge is 2.57. The van der Waals surface area contributed by atoms with Crippen LogP contribution in [0.2, 0.25) is 0 Å². The van der Waals surface area contributed by atoms with Crippen molar-refractivity contribution in [1.29, 1.82) is 10.7 Å². The normalized spacial score (nSPS) is 26.5. The minimum absolute atomic E-state index is 0.0285. The molecule has 1 aromatic heterocycles. The molecular weight excluding hydrogens is 619 g/mol. The van der Waals surface area contributed by atoms with Crippen LogP contribution in [0.5, 0.6) is 0 Å². The lowest BCUT2D eigenvalue weighted by molar-refractivity contribution is -0.140. The number of aromatic amines is 1. The monoisotopic (exact) mass is 647 g/mol. The van der Waals surface area contributed by atoms with Crippen molar-refractivity contribution in [3.8, 4) is 6.07 Å². The number of aliphatic hydroxyl groups is 2. The van der Waals surface area contributed by atoms with E-state index in [1.54, 1.807) is 13.0 Å². The van der Waals surface area contributed by atoms with Gasteiger partial charge in [-0.25, -0.2) is 18.7 Å². The summed E-state index contributed by atoms with van der Waals surface area (Å²) in [5, 5.41) is 40.7. The second-order valence-electron chi connectivity index (χ2n) is 8.62. The largest absolute Gasteiger partial charge is 0.490 e. The van der Waals surface area contributed by atoms with Gasteiger partial charge in [0.25, 0.3) is 5.91 Å². The number of hydrogen-bond donors (Lipinski definition) is 9. The number of nitriles is 1. The van der Waals surface area contributed by atoms with E-state index in [4.69, 9.17) is 24.7 Å². The van der Waals surface area contributed by atoms with Crippen LogP contribution in [0.15, 0.2) is 17.1 Å². The van der Waals surface area contributed by atoms with Crippen LogP contribution in [0, 0.1) is 16.7 Å². The first-order valence-electron chi connectivity index (χ1n) is 11.2. The number of phosphoric acid groups is 3. The summed E-state index contributed by atoms with van der Waals surface area (Å²) in [5.74, 6) is -0.820. The van der Waals surface area contributed by atoms with Gasteiger partial charge in [-0.15, -0.1) is 0 Å². The van der Waals surface area contributed by atoms with Gasteiger partial charge in [-0.1, -0.05) is 0 Å². The van der Waals surface area contributed by atoms with Crippen molar-refractivity contribution >= 4 is 41.5 Å². The van der Waals surface area contributed by atoms with Gasteiger partial charge in [0.05, 0.1) is 18.0 Å². The Morgan fingerprint density at radius 2 is 1.88 bits per heavy atom. The number of carbonyl (C=O) groups excluding carboxylic acids is 1. The molecule has 2 heterocycles. The van der Waals surface area contributed by atoms with Gasteiger partial charge in [0.1, 0.15) is 36.3 Å². The van der Waals surface area contributed by atoms with Gasteiger partial charge in [-0.05, 0) is 32.9 Å². The lowest BCUT2D eigenvalue weighted by Crippen LogP contribution is -2.47. The number of amidine groups is 1. The Hall–Kier alpha value is -2.17. The lowest BCUT2D eigenvalue weighted by Gasteiger charge is -2.24. The zero-order chi connectivity index (χ0) is 31.4. The number of aliphatic hydroxyl groups excluding tert-OH is 2. The van der Waals surface area contributed by atoms with Gasteiger partial charge in [0.2, 0.25) is 5.60 Å². The third kappa shape index (κ3) is 8.91. The van der Waals surface area contributed by atoms with E-state index in [-0.39, 0.29) is 23.8 Å². The highest BCUT2D eigenvalue weighted by atomic mass is 31.3. The third-order valence-corrected chi connectivity index (χ3v) is 9.06. The van der Waals surface area contributed by atoms with E-state index in [0.717, 1.165) is 0 Å². The minimum Gasteiger partial charge on any atom is -0.387 e. The van der Waals surface area contributed by atoms with Crippen molar-refractivity contribution in [1.82, 2.24) is 10.3 Å². The van der Waals surface area contributed by atoms with E-state index in [2.05, 4.69) is 28.4 Å². The van der Waals surface area contributed by atoms with Crippen LogP contribution in [0.25, 0.3) is 0 Å². The van der Waals surface area contributed by atoms with Gasteiger partial charge in [0, 0.05) is 6.61 Å². The maximum atomic E-state index is 12.6. The first-order valence-corrected chi connectivity index (χ1v) is 15.7. The van der Waals surface area contributed by atoms with E-state index in [9.17, 15) is 43.8 Å². The maximum Gasteiger partial charge on any atom is 0.490 e.